The summed E-state index contributed by atoms with van der Waals surface area (Å²) in [5.41, 5.74) is 0.794. The number of thiophene rings is 2. The maximum atomic E-state index is 12.7. The van der Waals surface area contributed by atoms with Crippen molar-refractivity contribution in [3.8, 4) is 10.4 Å². The fraction of sp³-hybridized carbons (Fsp3) is 0.353. The fourth-order valence-electron chi connectivity index (χ4n) is 2.48. The van der Waals surface area contributed by atoms with Crippen molar-refractivity contribution < 1.29 is 4.79 Å². The smallest absolute Gasteiger partial charge is 0.260 e. The molecule has 6 nitrogen and oxygen atoms in total. The molecule has 25 heavy (non-hydrogen) atoms. The van der Waals surface area contributed by atoms with Crippen molar-refractivity contribution in [3.05, 3.63) is 39.1 Å². The van der Waals surface area contributed by atoms with Gasteiger partial charge < -0.3 is 9.88 Å². The lowest BCUT2D eigenvalue weighted by Gasteiger charge is -2.24. The molecule has 1 amide bonds. The summed E-state index contributed by atoms with van der Waals surface area (Å²) in [7, 11) is 5.30. The molecule has 8 heteroatoms. The lowest BCUT2D eigenvalue weighted by atomic mass is 10.2. The largest absolute Gasteiger partial charge is 0.348 e. The van der Waals surface area contributed by atoms with E-state index >= 15 is 0 Å². The molecule has 0 aromatic carbocycles. The summed E-state index contributed by atoms with van der Waals surface area (Å²) >= 11 is 3.08. The molecule has 3 aromatic rings. The SMILES string of the molecule is C[C@H](c1nc2scc(-c3cccs3)c2c(=O)[nH]1)N(C)CC(=O)N(C)C. The summed E-state index contributed by atoms with van der Waals surface area (Å²) in [4.78, 5) is 37.3. The third kappa shape index (κ3) is 3.51. The number of amides is 1. The minimum atomic E-state index is -0.173. The van der Waals surface area contributed by atoms with Crippen LogP contribution in [0, 0.1) is 0 Å². The number of H-pyrrole nitrogens is 1. The number of fused-ring (bicyclic) bond motifs is 1. The van der Waals surface area contributed by atoms with Gasteiger partial charge in [0, 0.05) is 29.9 Å². The molecule has 3 aromatic heterocycles. The molecule has 0 unspecified atom stereocenters. The first kappa shape index (κ1) is 17.8. The molecule has 0 saturated carbocycles. The van der Waals surface area contributed by atoms with Crippen LogP contribution < -0.4 is 5.56 Å². The number of aromatic amines is 1. The monoisotopic (exact) mass is 376 g/mol. The molecule has 0 fully saturated rings. The van der Waals surface area contributed by atoms with Crippen LogP contribution in [0.2, 0.25) is 0 Å². The number of carbonyl (C=O) groups is 1. The zero-order valence-corrected chi connectivity index (χ0v) is 16.2. The van der Waals surface area contributed by atoms with Crippen molar-refractivity contribution in [1.82, 2.24) is 19.8 Å². The Labute approximate surface area is 153 Å². The van der Waals surface area contributed by atoms with E-state index in [1.165, 1.54) is 11.3 Å². The molecule has 0 radical (unpaired) electrons. The fourth-order valence-corrected chi connectivity index (χ4v) is 4.25. The van der Waals surface area contributed by atoms with Gasteiger partial charge in [-0.15, -0.1) is 22.7 Å². The van der Waals surface area contributed by atoms with Gasteiger partial charge >= 0.3 is 0 Å². The van der Waals surface area contributed by atoms with Crippen molar-refractivity contribution in [2.75, 3.05) is 27.7 Å². The highest BCUT2D eigenvalue weighted by Gasteiger charge is 2.20. The standard InChI is InChI=1S/C17H20N4O2S2/c1-10(21(4)8-13(22)20(2)3)15-18-16(23)14-11(9-25-17(14)19-15)12-6-5-7-24-12/h5-7,9-10H,8H2,1-4H3,(H,18,19,23)/t10-/m1/s1. The van der Waals surface area contributed by atoms with E-state index in [0.29, 0.717) is 11.2 Å². The van der Waals surface area contributed by atoms with E-state index in [9.17, 15) is 9.59 Å². The number of hydrogen-bond acceptors (Lipinski definition) is 6. The Bertz CT molecular complexity index is 943. The average molecular weight is 377 g/mol. The molecule has 3 heterocycles. The topological polar surface area (TPSA) is 69.3 Å². The number of carbonyl (C=O) groups excluding carboxylic acids is 1. The molecule has 1 N–H and O–H groups in total. The van der Waals surface area contributed by atoms with Crippen LogP contribution in [-0.2, 0) is 4.79 Å². The van der Waals surface area contributed by atoms with Crippen LogP contribution in [0.25, 0.3) is 20.7 Å². The molecule has 3 rings (SSSR count). The molecular weight excluding hydrogens is 356 g/mol. The Morgan fingerprint density at radius 2 is 2.08 bits per heavy atom. The first-order valence-electron chi connectivity index (χ1n) is 7.84. The van der Waals surface area contributed by atoms with Crippen LogP contribution in [0.15, 0.2) is 27.7 Å². The number of likely N-dealkylation sites (N-methyl/N-ethyl adjacent to an activating group) is 2. The zero-order valence-electron chi connectivity index (χ0n) is 14.6. The highest BCUT2D eigenvalue weighted by Crippen LogP contribution is 2.33. The normalized spacial score (nSPS) is 12.7. The minimum absolute atomic E-state index is 0.00822. The first-order valence-corrected chi connectivity index (χ1v) is 9.60. The van der Waals surface area contributed by atoms with E-state index in [0.717, 1.165) is 15.3 Å². The van der Waals surface area contributed by atoms with E-state index in [4.69, 9.17) is 0 Å². The van der Waals surface area contributed by atoms with E-state index in [1.807, 2.05) is 41.8 Å². The molecular formula is C17H20N4O2S2. The molecule has 0 aliphatic heterocycles. The van der Waals surface area contributed by atoms with Crippen LogP contribution in [0.1, 0.15) is 18.8 Å². The van der Waals surface area contributed by atoms with Crippen LogP contribution in [-0.4, -0.2) is 53.4 Å². The van der Waals surface area contributed by atoms with E-state index in [-0.39, 0.29) is 24.1 Å². The van der Waals surface area contributed by atoms with Gasteiger partial charge in [-0.3, -0.25) is 14.5 Å². The summed E-state index contributed by atoms with van der Waals surface area (Å²) < 4.78 is 0. The van der Waals surface area contributed by atoms with Crippen molar-refractivity contribution in [2.45, 2.75) is 13.0 Å². The van der Waals surface area contributed by atoms with Gasteiger partial charge in [-0.25, -0.2) is 4.98 Å². The molecule has 0 bridgehead atoms. The zero-order chi connectivity index (χ0) is 18.1. The van der Waals surface area contributed by atoms with Gasteiger partial charge in [-0.2, -0.15) is 0 Å². The lowest BCUT2D eigenvalue weighted by Crippen LogP contribution is -2.36. The Kier molecular flexibility index (Phi) is 5.03. The number of aromatic nitrogens is 2. The van der Waals surface area contributed by atoms with Crippen LogP contribution in [0.3, 0.4) is 0 Å². The average Bonchev–Trinajstić information content (AvgIpc) is 3.22. The molecule has 0 spiro atoms. The molecule has 132 valence electrons. The van der Waals surface area contributed by atoms with E-state index < -0.39 is 0 Å². The summed E-state index contributed by atoms with van der Waals surface area (Å²) in [5, 5.41) is 4.61. The summed E-state index contributed by atoms with van der Waals surface area (Å²) in [6.07, 6.45) is 0. The number of nitrogens with one attached hydrogen (secondary N) is 1. The van der Waals surface area contributed by atoms with Crippen molar-refractivity contribution >= 4 is 38.8 Å². The number of rotatable bonds is 5. The van der Waals surface area contributed by atoms with Gasteiger partial charge in [0.25, 0.3) is 5.56 Å². The molecule has 0 aliphatic rings. The second-order valence-corrected chi connectivity index (χ2v) is 7.94. The minimum Gasteiger partial charge on any atom is -0.348 e. The Hall–Kier alpha value is -2.03. The third-order valence-corrected chi connectivity index (χ3v) is 5.96. The second-order valence-electron chi connectivity index (χ2n) is 6.14. The Morgan fingerprint density at radius 3 is 2.72 bits per heavy atom. The highest BCUT2D eigenvalue weighted by molar-refractivity contribution is 7.18. The van der Waals surface area contributed by atoms with Gasteiger partial charge in [0.1, 0.15) is 10.7 Å². The molecule has 0 saturated heterocycles. The summed E-state index contributed by atoms with van der Waals surface area (Å²) in [6, 6.07) is 3.80. The highest BCUT2D eigenvalue weighted by atomic mass is 32.1. The maximum Gasteiger partial charge on any atom is 0.260 e. The first-order chi connectivity index (χ1) is 11.9. The Morgan fingerprint density at radius 1 is 1.32 bits per heavy atom. The van der Waals surface area contributed by atoms with Crippen LogP contribution in [0.4, 0.5) is 0 Å². The predicted molar refractivity (Wildman–Crippen MR) is 103 cm³/mol. The van der Waals surface area contributed by atoms with Gasteiger partial charge in [0.15, 0.2) is 0 Å². The summed E-state index contributed by atoms with van der Waals surface area (Å²) in [5.74, 6) is 0.583. The predicted octanol–water partition coefficient (Wildman–Crippen LogP) is 2.79. The van der Waals surface area contributed by atoms with Gasteiger partial charge in [-0.1, -0.05) is 6.07 Å². The maximum absolute atomic E-state index is 12.7. The van der Waals surface area contributed by atoms with Crippen LogP contribution >= 0.6 is 22.7 Å². The number of hydrogen-bond donors (Lipinski definition) is 1. The van der Waals surface area contributed by atoms with Crippen molar-refractivity contribution in [3.63, 3.8) is 0 Å². The van der Waals surface area contributed by atoms with Gasteiger partial charge in [-0.05, 0) is 25.4 Å². The van der Waals surface area contributed by atoms with Crippen LogP contribution in [0.5, 0.6) is 0 Å². The molecule has 0 aliphatic carbocycles. The van der Waals surface area contributed by atoms with Crippen molar-refractivity contribution in [2.24, 2.45) is 0 Å². The van der Waals surface area contributed by atoms with E-state index in [1.54, 1.807) is 30.3 Å². The van der Waals surface area contributed by atoms with Gasteiger partial charge in [0.2, 0.25) is 5.91 Å². The Balaban J connectivity index is 1.94. The number of nitrogens with zero attached hydrogens (tertiary/aromatic N) is 3. The molecule has 1 atom stereocenters. The second kappa shape index (κ2) is 7.07. The lowest BCUT2D eigenvalue weighted by molar-refractivity contribution is -0.130. The summed E-state index contributed by atoms with van der Waals surface area (Å²) in [6.45, 7) is 2.20. The van der Waals surface area contributed by atoms with E-state index in [2.05, 4.69) is 9.97 Å². The quantitative estimate of drug-likeness (QED) is 0.743. The van der Waals surface area contributed by atoms with Crippen molar-refractivity contribution in [1.29, 1.82) is 0 Å². The third-order valence-electron chi connectivity index (χ3n) is 4.19. The van der Waals surface area contributed by atoms with Gasteiger partial charge in [0.05, 0.1) is 18.0 Å².